The van der Waals surface area contributed by atoms with Crippen molar-refractivity contribution in [3.05, 3.63) is 0 Å². The van der Waals surface area contributed by atoms with Crippen LogP contribution in [0.5, 0.6) is 0 Å². The second-order valence-electron chi connectivity index (χ2n) is 7.24. The average molecular weight is 462 g/mol. The first-order valence-corrected chi connectivity index (χ1v) is 7.74. The SMILES string of the molecule is CC(F)(F)C(COCC(C(C)(F)F)(C(C)(F)F)C(F)(F)F)(C(C)(F)F)C(C)(F)F. The molecule has 176 valence electrons. The molecule has 0 aromatic heterocycles. The molecular formula is C15H19F13O. The van der Waals surface area contributed by atoms with Gasteiger partial charge in [-0.25, -0.2) is 43.9 Å². The summed E-state index contributed by atoms with van der Waals surface area (Å²) in [5.74, 6) is -25.7. The first-order valence-electron chi connectivity index (χ1n) is 7.74. The van der Waals surface area contributed by atoms with Gasteiger partial charge in [0.05, 0.1) is 13.2 Å². The standard InChI is InChI=1S/C15H19F13O/c1-8(16,17)13(9(2,18)19,10(3,20)21)6-29-7-14(11(4,22)23,12(5,24)25)15(26,27)28/h6-7H2,1-5H3. The lowest BCUT2D eigenvalue weighted by molar-refractivity contribution is -0.378. The predicted molar refractivity (Wildman–Crippen MR) is 74.8 cm³/mol. The Bertz CT molecular complexity index is 430. The lowest BCUT2D eigenvalue weighted by Crippen LogP contribution is -2.66. The Kier molecular flexibility index (Phi) is 7.09. The summed E-state index contributed by atoms with van der Waals surface area (Å²) in [6.45, 7) is -7.86. The molecule has 0 amide bonds. The molecule has 0 unspecified atom stereocenters. The Labute approximate surface area is 157 Å². The summed E-state index contributed by atoms with van der Waals surface area (Å²) in [7, 11) is 0. The highest BCUT2D eigenvalue weighted by atomic mass is 19.4. The molecule has 0 heterocycles. The van der Waals surface area contributed by atoms with E-state index in [-0.39, 0.29) is 0 Å². The Morgan fingerprint density at radius 2 is 0.621 bits per heavy atom. The van der Waals surface area contributed by atoms with Crippen LogP contribution in [0.15, 0.2) is 0 Å². The molecule has 0 aromatic rings. The maximum Gasteiger partial charge on any atom is 0.408 e. The zero-order valence-electron chi connectivity index (χ0n) is 15.7. The lowest BCUT2D eigenvalue weighted by atomic mass is 9.71. The van der Waals surface area contributed by atoms with E-state index in [0.717, 1.165) is 0 Å². The maximum absolute atomic E-state index is 13.8. The zero-order chi connectivity index (χ0) is 24.1. The molecule has 0 aliphatic rings. The minimum atomic E-state index is -6.44. The molecule has 0 fully saturated rings. The van der Waals surface area contributed by atoms with Crippen LogP contribution in [0.25, 0.3) is 0 Å². The Morgan fingerprint density at radius 3 is 0.793 bits per heavy atom. The summed E-state index contributed by atoms with van der Waals surface area (Å²) >= 11 is 0. The Hall–Kier alpha value is -0.950. The molecule has 0 rings (SSSR count). The largest absolute Gasteiger partial charge is 0.408 e. The van der Waals surface area contributed by atoms with Gasteiger partial charge >= 0.3 is 6.18 Å². The van der Waals surface area contributed by atoms with Crippen LogP contribution in [0.2, 0.25) is 0 Å². The molecule has 0 saturated carbocycles. The third kappa shape index (κ3) is 4.55. The predicted octanol–water partition coefficient (Wildman–Crippen LogP) is 6.81. The molecule has 29 heavy (non-hydrogen) atoms. The maximum atomic E-state index is 13.8. The number of alkyl halides is 13. The van der Waals surface area contributed by atoms with E-state index in [9.17, 15) is 57.1 Å². The van der Waals surface area contributed by atoms with Gasteiger partial charge in [-0.1, -0.05) is 0 Å². The van der Waals surface area contributed by atoms with E-state index in [1.165, 1.54) is 0 Å². The molecule has 0 bridgehead atoms. The summed E-state index contributed by atoms with van der Waals surface area (Å²) in [5.41, 5.74) is -10.2. The van der Waals surface area contributed by atoms with E-state index >= 15 is 0 Å². The van der Waals surface area contributed by atoms with Gasteiger partial charge < -0.3 is 4.74 Å². The zero-order valence-corrected chi connectivity index (χ0v) is 15.7. The van der Waals surface area contributed by atoms with Crippen LogP contribution >= 0.6 is 0 Å². The van der Waals surface area contributed by atoms with Gasteiger partial charge in [-0.2, -0.15) is 13.2 Å². The highest BCUT2D eigenvalue weighted by Gasteiger charge is 2.79. The fourth-order valence-electron chi connectivity index (χ4n) is 3.11. The molecule has 0 spiro atoms. The van der Waals surface area contributed by atoms with Crippen molar-refractivity contribution in [3.63, 3.8) is 0 Å². The normalized spacial score (nSPS) is 16.3. The first kappa shape index (κ1) is 28.1. The smallest absolute Gasteiger partial charge is 0.379 e. The van der Waals surface area contributed by atoms with E-state index < -0.39 is 94.5 Å². The summed E-state index contributed by atoms with van der Waals surface area (Å²) < 4.78 is 181. The van der Waals surface area contributed by atoms with E-state index in [0.29, 0.717) is 0 Å². The average Bonchev–Trinajstić information content (AvgIpc) is 2.27. The molecule has 0 aromatic carbocycles. The van der Waals surface area contributed by atoms with Crippen LogP contribution in [0.4, 0.5) is 57.1 Å². The summed E-state index contributed by atoms with van der Waals surface area (Å²) in [4.78, 5) is 0. The molecule has 0 aliphatic heterocycles. The van der Waals surface area contributed by atoms with Gasteiger partial charge in [0.25, 0.3) is 29.6 Å². The lowest BCUT2D eigenvalue weighted by Gasteiger charge is -2.47. The van der Waals surface area contributed by atoms with Crippen LogP contribution in [0, 0.1) is 10.8 Å². The van der Waals surface area contributed by atoms with Crippen molar-refractivity contribution < 1.29 is 61.8 Å². The van der Waals surface area contributed by atoms with Crippen molar-refractivity contribution in [1.29, 1.82) is 0 Å². The third-order valence-corrected chi connectivity index (χ3v) is 4.87. The molecule has 0 saturated heterocycles. The summed E-state index contributed by atoms with van der Waals surface area (Å²) in [5, 5.41) is 0. The molecule has 14 heteroatoms. The van der Waals surface area contributed by atoms with Crippen LogP contribution < -0.4 is 0 Å². The van der Waals surface area contributed by atoms with E-state index in [4.69, 9.17) is 0 Å². The summed E-state index contributed by atoms with van der Waals surface area (Å²) in [6, 6.07) is 0. The van der Waals surface area contributed by atoms with Crippen molar-refractivity contribution in [2.75, 3.05) is 13.2 Å². The highest BCUT2D eigenvalue weighted by molar-refractivity contribution is 5.08. The van der Waals surface area contributed by atoms with Gasteiger partial charge in [0.15, 0.2) is 5.41 Å². The molecule has 0 atom stereocenters. The minimum absolute atomic E-state index is 0.412. The quantitative estimate of drug-likeness (QED) is 0.342. The molecule has 0 radical (unpaired) electrons. The van der Waals surface area contributed by atoms with Gasteiger partial charge in [-0.3, -0.25) is 0 Å². The van der Waals surface area contributed by atoms with E-state index in [1.54, 1.807) is 0 Å². The van der Waals surface area contributed by atoms with Crippen LogP contribution in [-0.4, -0.2) is 49.0 Å². The van der Waals surface area contributed by atoms with Crippen molar-refractivity contribution in [1.82, 2.24) is 0 Å². The third-order valence-electron chi connectivity index (χ3n) is 4.87. The second kappa shape index (κ2) is 7.33. The van der Waals surface area contributed by atoms with Crippen molar-refractivity contribution in [2.45, 2.75) is 70.4 Å². The molecule has 0 N–H and O–H groups in total. The Morgan fingerprint density at radius 1 is 0.414 bits per heavy atom. The fraction of sp³-hybridized carbons (Fsp3) is 1.00. The van der Waals surface area contributed by atoms with Crippen LogP contribution in [0.1, 0.15) is 34.6 Å². The number of ether oxygens (including phenoxy) is 1. The van der Waals surface area contributed by atoms with Crippen LogP contribution in [-0.2, 0) is 4.74 Å². The van der Waals surface area contributed by atoms with E-state index in [2.05, 4.69) is 4.74 Å². The Balaban J connectivity index is 6.44. The number of hydrogen-bond acceptors (Lipinski definition) is 1. The van der Waals surface area contributed by atoms with Gasteiger partial charge in [-0.05, 0) is 0 Å². The van der Waals surface area contributed by atoms with Gasteiger partial charge in [0.1, 0.15) is 0 Å². The number of halogens is 13. The monoisotopic (exact) mass is 462 g/mol. The van der Waals surface area contributed by atoms with Crippen molar-refractivity contribution in [3.8, 4) is 0 Å². The topological polar surface area (TPSA) is 9.23 Å². The summed E-state index contributed by atoms with van der Waals surface area (Å²) in [6.07, 6.45) is -6.44. The molecule has 0 aliphatic carbocycles. The van der Waals surface area contributed by atoms with E-state index in [1.807, 2.05) is 0 Å². The highest BCUT2D eigenvalue weighted by Crippen LogP contribution is 2.60. The van der Waals surface area contributed by atoms with Gasteiger partial charge in [-0.15, -0.1) is 0 Å². The van der Waals surface area contributed by atoms with Gasteiger partial charge in [0.2, 0.25) is 5.41 Å². The van der Waals surface area contributed by atoms with Gasteiger partial charge in [0, 0.05) is 34.6 Å². The molecule has 1 nitrogen and oxygen atoms in total. The fourth-order valence-corrected chi connectivity index (χ4v) is 3.11. The number of rotatable bonds is 9. The van der Waals surface area contributed by atoms with Crippen molar-refractivity contribution >= 4 is 0 Å². The molecular weight excluding hydrogens is 443 g/mol. The van der Waals surface area contributed by atoms with Crippen LogP contribution in [0.3, 0.4) is 0 Å². The first-order chi connectivity index (χ1) is 12.2. The van der Waals surface area contributed by atoms with Crippen molar-refractivity contribution in [2.24, 2.45) is 10.8 Å². The second-order valence-corrected chi connectivity index (χ2v) is 7.24. The number of hydrogen-bond donors (Lipinski definition) is 0. The minimum Gasteiger partial charge on any atom is -0.379 e.